The molecule has 4 nitrogen and oxygen atoms in total. The molecular formula is C18H22O4. The van der Waals surface area contributed by atoms with Crippen molar-refractivity contribution in [3.8, 4) is 5.75 Å². The summed E-state index contributed by atoms with van der Waals surface area (Å²) >= 11 is 0. The number of carbonyl (C=O) groups is 2. The molecule has 1 saturated carbocycles. The van der Waals surface area contributed by atoms with Crippen LogP contribution < -0.4 is 4.74 Å². The number of carboxylic acid groups (broad SMARTS) is 1. The molecule has 22 heavy (non-hydrogen) atoms. The number of fused-ring (bicyclic) bond motifs is 1. The molecule has 1 aromatic carbocycles. The Balaban J connectivity index is 2.01. The first-order valence-electron chi connectivity index (χ1n) is 8.14. The predicted molar refractivity (Wildman–Crippen MR) is 82.3 cm³/mol. The van der Waals surface area contributed by atoms with Gasteiger partial charge >= 0.3 is 11.9 Å². The second kappa shape index (κ2) is 6.11. The quantitative estimate of drug-likeness (QED) is 0.682. The van der Waals surface area contributed by atoms with Crippen molar-refractivity contribution in [2.45, 2.75) is 63.7 Å². The molecule has 2 aliphatic carbocycles. The number of aliphatic carboxylic acids is 1. The van der Waals surface area contributed by atoms with Gasteiger partial charge in [-0.15, -0.1) is 0 Å². The van der Waals surface area contributed by atoms with E-state index in [9.17, 15) is 14.7 Å². The SMILES string of the molecule is CC(=O)Oc1cc2c(cc1C1CCCCC1)CC[C@@H]2C(=O)O. The summed E-state index contributed by atoms with van der Waals surface area (Å²) in [6.45, 7) is 1.40. The maximum absolute atomic E-state index is 11.4. The van der Waals surface area contributed by atoms with Crippen molar-refractivity contribution in [1.82, 2.24) is 0 Å². The molecule has 0 heterocycles. The Morgan fingerprint density at radius 3 is 2.45 bits per heavy atom. The lowest BCUT2D eigenvalue weighted by Crippen LogP contribution is -2.12. The van der Waals surface area contributed by atoms with E-state index in [-0.39, 0.29) is 5.97 Å². The van der Waals surface area contributed by atoms with Gasteiger partial charge in [0, 0.05) is 6.92 Å². The minimum absolute atomic E-state index is 0.345. The zero-order valence-corrected chi connectivity index (χ0v) is 12.9. The van der Waals surface area contributed by atoms with Gasteiger partial charge in [0.15, 0.2) is 0 Å². The van der Waals surface area contributed by atoms with Gasteiger partial charge in [-0.05, 0) is 54.4 Å². The van der Waals surface area contributed by atoms with Gasteiger partial charge in [0.25, 0.3) is 0 Å². The van der Waals surface area contributed by atoms with Crippen LogP contribution in [0.1, 0.15) is 74.0 Å². The van der Waals surface area contributed by atoms with Crippen molar-refractivity contribution in [3.63, 3.8) is 0 Å². The van der Waals surface area contributed by atoms with Crippen LogP contribution in [0.2, 0.25) is 0 Å². The van der Waals surface area contributed by atoms with E-state index in [2.05, 4.69) is 6.07 Å². The molecule has 0 spiro atoms. The molecule has 0 unspecified atom stereocenters. The summed E-state index contributed by atoms with van der Waals surface area (Å²) in [6.07, 6.45) is 7.36. The molecule has 118 valence electrons. The van der Waals surface area contributed by atoms with E-state index >= 15 is 0 Å². The smallest absolute Gasteiger partial charge is 0.310 e. The van der Waals surface area contributed by atoms with Crippen LogP contribution in [0.5, 0.6) is 5.75 Å². The molecule has 1 N–H and O–H groups in total. The first-order valence-corrected chi connectivity index (χ1v) is 8.14. The molecule has 0 amide bonds. The van der Waals surface area contributed by atoms with Crippen molar-refractivity contribution < 1.29 is 19.4 Å². The Labute approximate surface area is 130 Å². The third-order valence-corrected chi connectivity index (χ3v) is 4.95. The predicted octanol–water partition coefficient (Wildman–Crippen LogP) is 3.77. The van der Waals surface area contributed by atoms with Crippen LogP contribution in [0.4, 0.5) is 0 Å². The third kappa shape index (κ3) is 2.87. The van der Waals surface area contributed by atoms with Gasteiger partial charge in [0.05, 0.1) is 5.92 Å². The third-order valence-electron chi connectivity index (χ3n) is 4.95. The highest BCUT2D eigenvalue weighted by Gasteiger charge is 2.31. The van der Waals surface area contributed by atoms with Gasteiger partial charge in [-0.3, -0.25) is 9.59 Å². The van der Waals surface area contributed by atoms with Gasteiger partial charge in [-0.25, -0.2) is 0 Å². The minimum atomic E-state index is -0.794. The standard InChI is InChI=1S/C18H22O4/c1-11(19)22-17-10-15-13(7-8-14(15)18(20)21)9-16(17)12-5-3-2-4-6-12/h9-10,12,14H,2-8H2,1H3,(H,20,21)/t14-/m0/s1. The maximum atomic E-state index is 11.4. The van der Waals surface area contributed by atoms with Gasteiger partial charge in [0.2, 0.25) is 0 Å². The van der Waals surface area contributed by atoms with Crippen molar-refractivity contribution >= 4 is 11.9 Å². The van der Waals surface area contributed by atoms with Crippen LogP contribution >= 0.6 is 0 Å². The maximum Gasteiger partial charge on any atom is 0.310 e. The van der Waals surface area contributed by atoms with Gasteiger partial charge < -0.3 is 9.84 Å². The largest absolute Gasteiger partial charge is 0.481 e. The molecular weight excluding hydrogens is 280 g/mol. The average Bonchev–Trinajstić information content (AvgIpc) is 2.89. The molecule has 0 bridgehead atoms. The zero-order chi connectivity index (χ0) is 15.7. The van der Waals surface area contributed by atoms with Crippen LogP contribution in [0, 0.1) is 0 Å². The van der Waals surface area contributed by atoms with E-state index in [0.29, 0.717) is 18.1 Å². The lowest BCUT2D eigenvalue weighted by atomic mass is 9.82. The number of hydrogen-bond donors (Lipinski definition) is 1. The summed E-state index contributed by atoms with van der Waals surface area (Å²) in [5.41, 5.74) is 3.03. The van der Waals surface area contributed by atoms with Crippen molar-refractivity contribution in [3.05, 3.63) is 28.8 Å². The Hall–Kier alpha value is -1.84. The summed E-state index contributed by atoms with van der Waals surface area (Å²) in [5, 5.41) is 9.34. The summed E-state index contributed by atoms with van der Waals surface area (Å²) < 4.78 is 5.42. The highest BCUT2D eigenvalue weighted by atomic mass is 16.5. The molecule has 1 atom stereocenters. The molecule has 0 saturated heterocycles. The number of esters is 1. The van der Waals surface area contributed by atoms with E-state index in [1.165, 1.54) is 26.2 Å². The van der Waals surface area contributed by atoms with Crippen LogP contribution in [-0.2, 0) is 16.0 Å². The Morgan fingerprint density at radius 1 is 1.09 bits per heavy atom. The first-order chi connectivity index (χ1) is 10.6. The number of aryl methyl sites for hydroxylation is 1. The highest BCUT2D eigenvalue weighted by Crippen LogP contribution is 2.43. The topological polar surface area (TPSA) is 63.6 Å². The highest BCUT2D eigenvalue weighted by molar-refractivity contribution is 5.79. The Morgan fingerprint density at radius 2 is 1.82 bits per heavy atom. The van der Waals surface area contributed by atoms with Crippen LogP contribution in [0.25, 0.3) is 0 Å². The molecule has 1 aromatic rings. The number of rotatable bonds is 3. The van der Waals surface area contributed by atoms with E-state index in [1.54, 1.807) is 0 Å². The minimum Gasteiger partial charge on any atom is -0.481 e. The fourth-order valence-electron chi connectivity index (χ4n) is 3.89. The number of carboxylic acids is 1. The van der Waals surface area contributed by atoms with Crippen molar-refractivity contribution in [2.75, 3.05) is 0 Å². The monoisotopic (exact) mass is 302 g/mol. The lowest BCUT2D eigenvalue weighted by Gasteiger charge is -2.25. The molecule has 0 radical (unpaired) electrons. The molecule has 0 aliphatic heterocycles. The summed E-state index contributed by atoms with van der Waals surface area (Å²) in [5.74, 6) is -0.604. The zero-order valence-electron chi connectivity index (χ0n) is 12.9. The second-order valence-corrected chi connectivity index (χ2v) is 6.45. The van der Waals surface area contributed by atoms with Gasteiger partial charge in [-0.1, -0.05) is 25.3 Å². The normalized spacial score (nSPS) is 21.4. The van der Waals surface area contributed by atoms with E-state index in [4.69, 9.17) is 4.74 Å². The Bertz CT molecular complexity index is 599. The first kappa shape index (κ1) is 15.1. The van der Waals surface area contributed by atoms with E-state index in [0.717, 1.165) is 36.0 Å². The number of hydrogen-bond acceptors (Lipinski definition) is 3. The molecule has 3 rings (SSSR count). The molecule has 1 fully saturated rings. The van der Waals surface area contributed by atoms with Gasteiger partial charge in [-0.2, -0.15) is 0 Å². The summed E-state index contributed by atoms with van der Waals surface area (Å²) in [4.78, 5) is 22.8. The van der Waals surface area contributed by atoms with E-state index in [1.807, 2.05) is 6.07 Å². The van der Waals surface area contributed by atoms with Crippen LogP contribution in [0.15, 0.2) is 12.1 Å². The number of benzene rings is 1. The van der Waals surface area contributed by atoms with Crippen LogP contribution in [0.3, 0.4) is 0 Å². The molecule has 0 aromatic heterocycles. The van der Waals surface area contributed by atoms with Crippen molar-refractivity contribution in [1.29, 1.82) is 0 Å². The van der Waals surface area contributed by atoms with Crippen LogP contribution in [-0.4, -0.2) is 17.0 Å². The number of ether oxygens (including phenoxy) is 1. The fourth-order valence-corrected chi connectivity index (χ4v) is 3.89. The van der Waals surface area contributed by atoms with Crippen molar-refractivity contribution in [2.24, 2.45) is 0 Å². The Kier molecular flexibility index (Phi) is 4.19. The fraction of sp³-hybridized carbons (Fsp3) is 0.556. The second-order valence-electron chi connectivity index (χ2n) is 6.45. The summed E-state index contributed by atoms with van der Waals surface area (Å²) in [7, 11) is 0. The number of carbonyl (C=O) groups excluding carboxylic acids is 1. The average molecular weight is 302 g/mol. The van der Waals surface area contributed by atoms with Gasteiger partial charge in [0.1, 0.15) is 5.75 Å². The van der Waals surface area contributed by atoms with E-state index < -0.39 is 11.9 Å². The molecule has 2 aliphatic rings. The molecule has 4 heteroatoms. The lowest BCUT2D eigenvalue weighted by molar-refractivity contribution is -0.138. The summed E-state index contributed by atoms with van der Waals surface area (Å²) in [6, 6.07) is 3.92.